The number of anilines is 3. The number of piperazine rings is 1. The van der Waals surface area contributed by atoms with Crippen molar-refractivity contribution in [1.82, 2.24) is 15.0 Å². The van der Waals surface area contributed by atoms with E-state index >= 15 is 0 Å². The molecule has 4 rings (SSSR count). The van der Waals surface area contributed by atoms with E-state index in [2.05, 4.69) is 73.4 Å². The average molecular weight is 374 g/mol. The molecule has 0 atom stereocenters. The van der Waals surface area contributed by atoms with E-state index in [1.807, 2.05) is 25.3 Å². The molecule has 1 saturated heterocycles. The summed E-state index contributed by atoms with van der Waals surface area (Å²) in [6, 6.07) is 16.7. The van der Waals surface area contributed by atoms with E-state index in [1.165, 1.54) is 11.1 Å². The predicted octanol–water partition coefficient (Wildman–Crippen LogP) is 3.43. The highest BCUT2D eigenvalue weighted by atomic mass is 15.3. The molecule has 0 amide bonds. The Balaban J connectivity index is 1.40. The molecule has 1 aliphatic rings. The number of benzene rings is 1. The Morgan fingerprint density at radius 3 is 2.25 bits per heavy atom. The van der Waals surface area contributed by atoms with Crippen molar-refractivity contribution in [2.45, 2.75) is 20.4 Å². The molecule has 1 N–H and O–H groups in total. The van der Waals surface area contributed by atoms with Crippen molar-refractivity contribution in [3.05, 3.63) is 71.7 Å². The standard InChI is InChI=1S/C22H26N6/c1-17-6-8-19(9-7-17)16-24-20-15-22(26-18(2)25-20)28-13-11-27(12-14-28)21-5-3-4-10-23-21/h3-10,15H,11-14,16H2,1-2H3,(H,24,25,26). The van der Waals surface area contributed by atoms with Gasteiger partial charge in [0.15, 0.2) is 0 Å². The first-order valence-electron chi connectivity index (χ1n) is 9.73. The largest absolute Gasteiger partial charge is 0.366 e. The van der Waals surface area contributed by atoms with Crippen LogP contribution < -0.4 is 15.1 Å². The third kappa shape index (κ3) is 4.39. The fourth-order valence-electron chi connectivity index (χ4n) is 3.41. The summed E-state index contributed by atoms with van der Waals surface area (Å²) in [7, 11) is 0. The quantitative estimate of drug-likeness (QED) is 0.738. The number of pyridine rings is 1. The van der Waals surface area contributed by atoms with Gasteiger partial charge in [0.05, 0.1) is 0 Å². The summed E-state index contributed by atoms with van der Waals surface area (Å²) in [5, 5.41) is 3.44. The van der Waals surface area contributed by atoms with Crippen LogP contribution in [0.1, 0.15) is 17.0 Å². The van der Waals surface area contributed by atoms with Crippen molar-refractivity contribution >= 4 is 17.5 Å². The lowest BCUT2D eigenvalue weighted by Crippen LogP contribution is -2.47. The van der Waals surface area contributed by atoms with Crippen LogP contribution in [0.4, 0.5) is 17.5 Å². The molecule has 0 unspecified atom stereocenters. The number of aryl methyl sites for hydroxylation is 2. The van der Waals surface area contributed by atoms with Gasteiger partial charge in [-0.1, -0.05) is 35.9 Å². The van der Waals surface area contributed by atoms with Crippen molar-refractivity contribution in [1.29, 1.82) is 0 Å². The summed E-state index contributed by atoms with van der Waals surface area (Å²) >= 11 is 0. The second-order valence-corrected chi connectivity index (χ2v) is 7.16. The van der Waals surface area contributed by atoms with Crippen LogP contribution in [0.2, 0.25) is 0 Å². The van der Waals surface area contributed by atoms with Crippen molar-refractivity contribution < 1.29 is 0 Å². The number of nitrogens with one attached hydrogen (secondary N) is 1. The summed E-state index contributed by atoms with van der Waals surface area (Å²) < 4.78 is 0. The summed E-state index contributed by atoms with van der Waals surface area (Å²) in [5.74, 6) is 3.69. The average Bonchev–Trinajstić information content (AvgIpc) is 2.74. The van der Waals surface area contributed by atoms with Crippen LogP contribution in [0.3, 0.4) is 0 Å². The topological polar surface area (TPSA) is 57.2 Å². The molecule has 3 heterocycles. The summed E-state index contributed by atoms with van der Waals surface area (Å²) in [5.41, 5.74) is 2.51. The van der Waals surface area contributed by atoms with E-state index < -0.39 is 0 Å². The Kier molecular flexibility index (Phi) is 5.37. The van der Waals surface area contributed by atoms with Gasteiger partial charge in [-0.05, 0) is 31.5 Å². The highest BCUT2D eigenvalue weighted by Gasteiger charge is 2.19. The Bertz CT molecular complexity index is 902. The molecule has 2 aromatic heterocycles. The summed E-state index contributed by atoms with van der Waals surface area (Å²) in [6.45, 7) is 8.52. The molecule has 0 aliphatic carbocycles. The van der Waals surface area contributed by atoms with Gasteiger partial charge in [0.1, 0.15) is 23.3 Å². The van der Waals surface area contributed by atoms with Crippen molar-refractivity contribution in [3.63, 3.8) is 0 Å². The second kappa shape index (κ2) is 8.25. The van der Waals surface area contributed by atoms with E-state index in [0.29, 0.717) is 0 Å². The minimum absolute atomic E-state index is 0.754. The SMILES string of the molecule is Cc1ccc(CNc2cc(N3CCN(c4ccccn4)CC3)nc(C)n2)cc1. The number of rotatable bonds is 5. The Labute approximate surface area is 166 Å². The van der Waals surface area contributed by atoms with Gasteiger partial charge in [-0.3, -0.25) is 0 Å². The van der Waals surface area contributed by atoms with Gasteiger partial charge >= 0.3 is 0 Å². The number of hydrogen-bond acceptors (Lipinski definition) is 6. The third-order valence-corrected chi connectivity index (χ3v) is 5.00. The lowest BCUT2D eigenvalue weighted by molar-refractivity contribution is 0.640. The molecule has 0 spiro atoms. The fraction of sp³-hybridized carbons (Fsp3) is 0.318. The predicted molar refractivity (Wildman–Crippen MR) is 114 cm³/mol. The molecule has 6 nitrogen and oxygen atoms in total. The Morgan fingerprint density at radius 2 is 1.57 bits per heavy atom. The van der Waals surface area contributed by atoms with E-state index in [-0.39, 0.29) is 0 Å². The summed E-state index contributed by atoms with van der Waals surface area (Å²) in [4.78, 5) is 18.3. The van der Waals surface area contributed by atoms with Gasteiger partial charge in [-0.2, -0.15) is 0 Å². The van der Waals surface area contributed by atoms with Crippen LogP contribution in [0, 0.1) is 13.8 Å². The van der Waals surface area contributed by atoms with Gasteiger partial charge < -0.3 is 15.1 Å². The van der Waals surface area contributed by atoms with Crippen LogP contribution >= 0.6 is 0 Å². The van der Waals surface area contributed by atoms with Gasteiger partial charge in [0, 0.05) is 45.0 Å². The van der Waals surface area contributed by atoms with E-state index in [0.717, 1.165) is 56.0 Å². The first-order valence-corrected chi connectivity index (χ1v) is 9.73. The Morgan fingerprint density at radius 1 is 0.857 bits per heavy atom. The first kappa shape index (κ1) is 18.2. The number of nitrogens with zero attached hydrogens (tertiary/aromatic N) is 5. The molecule has 0 radical (unpaired) electrons. The van der Waals surface area contributed by atoms with E-state index in [1.54, 1.807) is 0 Å². The van der Waals surface area contributed by atoms with Gasteiger partial charge in [-0.15, -0.1) is 0 Å². The van der Waals surface area contributed by atoms with Gasteiger partial charge in [-0.25, -0.2) is 15.0 Å². The summed E-state index contributed by atoms with van der Waals surface area (Å²) in [6.07, 6.45) is 1.85. The first-order chi connectivity index (χ1) is 13.7. The Hall–Kier alpha value is -3.15. The monoisotopic (exact) mass is 374 g/mol. The molecule has 1 fully saturated rings. The molecular weight excluding hydrogens is 348 g/mol. The number of aromatic nitrogens is 3. The van der Waals surface area contributed by atoms with Crippen molar-refractivity contribution in [2.24, 2.45) is 0 Å². The maximum Gasteiger partial charge on any atom is 0.134 e. The third-order valence-electron chi connectivity index (χ3n) is 5.00. The smallest absolute Gasteiger partial charge is 0.134 e. The molecule has 0 saturated carbocycles. The fourth-order valence-corrected chi connectivity index (χ4v) is 3.41. The zero-order chi connectivity index (χ0) is 19.3. The van der Waals surface area contributed by atoms with Crippen LogP contribution in [-0.4, -0.2) is 41.1 Å². The van der Waals surface area contributed by atoms with Gasteiger partial charge in [0.25, 0.3) is 0 Å². The number of hydrogen-bond donors (Lipinski definition) is 1. The van der Waals surface area contributed by atoms with Crippen LogP contribution in [0.25, 0.3) is 0 Å². The molecule has 0 bridgehead atoms. The zero-order valence-corrected chi connectivity index (χ0v) is 16.5. The van der Waals surface area contributed by atoms with Crippen LogP contribution in [-0.2, 0) is 6.54 Å². The lowest BCUT2D eigenvalue weighted by atomic mass is 10.1. The molecular formula is C22H26N6. The lowest BCUT2D eigenvalue weighted by Gasteiger charge is -2.36. The van der Waals surface area contributed by atoms with Crippen molar-refractivity contribution in [3.8, 4) is 0 Å². The molecule has 1 aromatic carbocycles. The molecule has 3 aromatic rings. The highest BCUT2D eigenvalue weighted by Crippen LogP contribution is 2.20. The minimum atomic E-state index is 0.754. The molecule has 28 heavy (non-hydrogen) atoms. The van der Waals surface area contributed by atoms with Crippen LogP contribution in [0.15, 0.2) is 54.7 Å². The normalized spacial score (nSPS) is 14.2. The molecule has 1 aliphatic heterocycles. The van der Waals surface area contributed by atoms with E-state index in [9.17, 15) is 0 Å². The van der Waals surface area contributed by atoms with E-state index in [4.69, 9.17) is 0 Å². The van der Waals surface area contributed by atoms with Crippen LogP contribution in [0.5, 0.6) is 0 Å². The second-order valence-electron chi connectivity index (χ2n) is 7.16. The molecule has 6 heteroatoms. The zero-order valence-electron chi connectivity index (χ0n) is 16.5. The minimum Gasteiger partial charge on any atom is -0.366 e. The maximum atomic E-state index is 4.66. The maximum absolute atomic E-state index is 4.66. The molecule has 144 valence electrons. The highest BCUT2D eigenvalue weighted by molar-refractivity contribution is 5.51. The van der Waals surface area contributed by atoms with Gasteiger partial charge in [0.2, 0.25) is 0 Å². The van der Waals surface area contributed by atoms with Crippen molar-refractivity contribution in [2.75, 3.05) is 41.3 Å².